The van der Waals surface area contributed by atoms with Gasteiger partial charge < -0.3 is 10.6 Å². The first-order valence-corrected chi connectivity index (χ1v) is 5.57. The maximum Gasteiger partial charge on any atom is 0.221 e. The van der Waals surface area contributed by atoms with Gasteiger partial charge in [-0.25, -0.2) is 0 Å². The monoisotopic (exact) mass is 238 g/mol. The molecule has 0 saturated carbocycles. The van der Waals surface area contributed by atoms with Crippen molar-refractivity contribution in [3.8, 4) is 0 Å². The molecule has 0 aliphatic rings. The van der Waals surface area contributed by atoms with Gasteiger partial charge in [0.1, 0.15) is 0 Å². The Balaban J connectivity index is 0. The van der Waals surface area contributed by atoms with Crippen LogP contribution in [0.15, 0.2) is 30.3 Å². The normalized spacial score (nSPS) is 7.59. The molecule has 1 rings (SSSR count). The van der Waals surface area contributed by atoms with Gasteiger partial charge in [0.15, 0.2) is 0 Å². The van der Waals surface area contributed by atoms with Crippen molar-refractivity contribution in [3.63, 3.8) is 0 Å². The molecule has 1 aromatic rings. The van der Waals surface area contributed by atoms with E-state index in [9.17, 15) is 9.59 Å². The maximum absolute atomic E-state index is 10.5. The molecule has 4 heteroatoms. The zero-order valence-corrected chi connectivity index (χ0v) is 11.2. The van der Waals surface area contributed by atoms with Crippen molar-refractivity contribution in [1.82, 2.24) is 5.32 Å². The van der Waals surface area contributed by atoms with Crippen molar-refractivity contribution in [2.24, 2.45) is 0 Å². The van der Waals surface area contributed by atoms with Gasteiger partial charge in [-0.2, -0.15) is 0 Å². The minimum Gasteiger partial charge on any atom is -0.359 e. The second kappa shape index (κ2) is 12.2. The Morgan fingerprint density at radius 3 is 1.65 bits per heavy atom. The highest BCUT2D eigenvalue weighted by atomic mass is 16.1. The summed E-state index contributed by atoms with van der Waals surface area (Å²) in [4.78, 5) is 20.2. The Labute approximate surface area is 103 Å². The summed E-state index contributed by atoms with van der Waals surface area (Å²) in [5, 5.41) is 5.05. The first-order valence-electron chi connectivity index (χ1n) is 5.57. The van der Waals surface area contributed by atoms with Gasteiger partial charge in [-0.1, -0.05) is 32.0 Å². The predicted molar refractivity (Wildman–Crippen MR) is 71.8 cm³/mol. The largest absolute Gasteiger partial charge is 0.359 e. The minimum atomic E-state index is -0.0359. The molecule has 2 amide bonds. The highest BCUT2D eigenvalue weighted by Gasteiger charge is 1.90. The van der Waals surface area contributed by atoms with Gasteiger partial charge in [-0.3, -0.25) is 9.59 Å². The van der Waals surface area contributed by atoms with Gasteiger partial charge in [0, 0.05) is 26.6 Å². The molecule has 0 bridgehead atoms. The zero-order chi connectivity index (χ0) is 13.7. The third-order valence-electron chi connectivity index (χ3n) is 1.45. The number of hydrogen-bond donors (Lipinski definition) is 2. The van der Waals surface area contributed by atoms with Crippen LogP contribution in [0.2, 0.25) is 0 Å². The van der Waals surface area contributed by atoms with E-state index < -0.39 is 0 Å². The molecule has 0 aliphatic carbocycles. The molecule has 0 fully saturated rings. The van der Waals surface area contributed by atoms with E-state index in [0.717, 1.165) is 5.69 Å². The van der Waals surface area contributed by atoms with Gasteiger partial charge in [-0.05, 0) is 12.1 Å². The molecule has 0 saturated heterocycles. The molecule has 4 nitrogen and oxygen atoms in total. The van der Waals surface area contributed by atoms with E-state index in [1.54, 1.807) is 7.05 Å². The van der Waals surface area contributed by atoms with E-state index in [-0.39, 0.29) is 11.8 Å². The third kappa shape index (κ3) is 14.2. The summed E-state index contributed by atoms with van der Waals surface area (Å²) in [6, 6.07) is 9.37. The van der Waals surface area contributed by atoms with E-state index in [4.69, 9.17) is 0 Å². The molecule has 0 heterocycles. The number of carbonyl (C=O) groups is 2. The Bertz CT molecular complexity index is 310. The number of rotatable bonds is 1. The summed E-state index contributed by atoms with van der Waals surface area (Å²) in [5.41, 5.74) is 0.843. The summed E-state index contributed by atoms with van der Waals surface area (Å²) < 4.78 is 0. The molecule has 0 unspecified atom stereocenters. The zero-order valence-electron chi connectivity index (χ0n) is 11.2. The van der Waals surface area contributed by atoms with Crippen LogP contribution in [-0.2, 0) is 9.59 Å². The Hall–Kier alpha value is -1.84. The van der Waals surface area contributed by atoms with E-state index in [2.05, 4.69) is 10.6 Å². The van der Waals surface area contributed by atoms with Gasteiger partial charge in [0.25, 0.3) is 0 Å². The number of para-hydroxylation sites is 1. The van der Waals surface area contributed by atoms with Crippen LogP contribution in [0, 0.1) is 0 Å². The van der Waals surface area contributed by atoms with Crippen LogP contribution >= 0.6 is 0 Å². The van der Waals surface area contributed by atoms with Crippen molar-refractivity contribution in [1.29, 1.82) is 0 Å². The van der Waals surface area contributed by atoms with Crippen LogP contribution in [0.5, 0.6) is 0 Å². The Morgan fingerprint density at radius 2 is 1.35 bits per heavy atom. The molecular formula is C13H22N2O2. The number of amides is 2. The van der Waals surface area contributed by atoms with Crippen LogP contribution in [0.25, 0.3) is 0 Å². The van der Waals surface area contributed by atoms with Crippen molar-refractivity contribution in [2.45, 2.75) is 27.7 Å². The van der Waals surface area contributed by atoms with E-state index in [1.165, 1.54) is 13.8 Å². The van der Waals surface area contributed by atoms with Crippen LogP contribution < -0.4 is 10.6 Å². The van der Waals surface area contributed by atoms with Crippen LogP contribution in [0.1, 0.15) is 27.7 Å². The number of carbonyl (C=O) groups excluding carboxylic acids is 2. The predicted octanol–water partition coefficient (Wildman–Crippen LogP) is 2.42. The lowest BCUT2D eigenvalue weighted by Crippen LogP contribution is -2.11. The number of benzene rings is 1. The molecular weight excluding hydrogens is 216 g/mol. The third-order valence-corrected chi connectivity index (χ3v) is 1.45. The molecule has 1 aromatic carbocycles. The highest BCUT2D eigenvalue weighted by molar-refractivity contribution is 5.88. The molecule has 0 radical (unpaired) electrons. The van der Waals surface area contributed by atoms with Gasteiger partial charge in [0.05, 0.1) is 0 Å². The van der Waals surface area contributed by atoms with E-state index in [1.807, 2.05) is 44.2 Å². The quantitative estimate of drug-likeness (QED) is 0.789. The van der Waals surface area contributed by atoms with Crippen LogP contribution in [-0.4, -0.2) is 18.9 Å². The summed E-state index contributed by atoms with van der Waals surface area (Å²) in [7, 11) is 1.60. The fourth-order valence-corrected chi connectivity index (χ4v) is 0.725. The lowest BCUT2D eigenvalue weighted by Gasteiger charge is -1.98. The summed E-state index contributed by atoms with van der Waals surface area (Å²) in [6.45, 7) is 6.97. The van der Waals surface area contributed by atoms with E-state index in [0.29, 0.717) is 0 Å². The summed E-state index contributed by atoms with van der Waals surface area (Å²) >= 11 is 0. The van der Waals surface area contributed by atoms with Crippen molar-refractivity contribution >= 4 is 17.5 Å². The summed E-state index contributed by atoms with van der Waals surface area (Å²) in [5.74, 6) is -0.0313. The number of anilines is 1. The second-order valence-electron chi connectivity index (χ2n) is 2.85. The van der Waals surface area contributed by atoms with E-state index >= 15 is 0 Å². The average Bonchev–Trinajstić information content (AvgIpc) is 2.33. The van der Waals surface area contributed by atoms with Crippen molar-refractivity contribution in [2.75, 3.05) is 12.4 Å². The molecule has 17 heavy (non-hydrogen) atoms. The molecule has 2 N–H and O–H groups in total. The maximum atomic E-state index is 10.5. The Kier molecular flexibility index (Phi) is 12.6. The Morgan fingerprint density at radius 1 is 0.941 bits per heavy atom. The van der Waals surface area contributed by atoms with Gasteiger partial charge >= 0.3 is 0 Å². The first kappa shape index (κ1) is 17.6. The standard InChI is InChI=1S/C8H9NO.C3H7NO.C2H6/c1-7(10)9-8-5-3-2-4-6-8;1-3(5)4-2;1-2/h2-6H,1H3,(H,9,10);1-2H3,(H,4,5);1-2H3. The molecule has 0 aromatic heterocycles. The average molecular weight is 238 g/mol. The fourth-order valence-electron chi connectivity index (χ4n) is 0.725. The van der Waals surface area contributed by atoms with Crippen molar-refractivity contribution in [3.05, 3.63) is 30.3 Å². The van der Waals surface area contributed by atoms with Crippen LogP contribution in [0.4, 0.5) is 5.69 Å². The second-order valence-corrected chi connectivity index (χ2v) is 2.85. The summed E-state index contributed by atoms with van der Waals surface area (Å²) in [6.07, 6.45) is 0. The number of nitrogens with one attached hydrogen (secondary N) is 2. The lowest BCUT2D eigenvalue weighted by molar-refractivity contribution is -0.118. The smallest absolute Gasteiger partial charge is 0.221 e. The van der Waals surface area contributed by atoms with Gasteiger partial charge in [-0.15, -0.1) is 0 Å². The highest BCUT2D eigenvalue weighted by Crippen LogP contribution is 2.03. The number of hydrogen-bond acceptors (Lipinski definition) is 2. The first-order chi connectivity index (χ1) is 8.06. The molecule has 96 valence electrons. The molecule has 0 spiro atoms. The molecule has 0 atom stereocenters. The van der Waals surface area contributed by atoms with Crippen molar-refractivity contribution < 1.29 is 9.59 Å². The topological polar surface area (TPSA) is 58.2 Å². The minimum absolute atomic E-state index is 0.00463. The fraction of sp³-hybridized carbons (Fsp3) is 0.385. The lowest BCUT2D eigenvalue weighted by atomic mass is 10.3. The van der Waals surface area contributed by atoms with Gasteiger partial charge in [0.2, 0.25) is 11.8 Å². The van der Waals surface area contributed by atoms with Crippen LogP contribution in [0.3, 0.4) is 0 Å². The molecule has 0 aliphatic heterocycles. The SMILES string of the molecule is CC.CC(=O)Nc1ccccc1.CNC(C)=O.